The van der Waals surface area contributed by atoms with Gasteiger partial charge in [0.2, 0.25) is 5.91 Å². The maximum Gasteiger partial charge on any atom is 0.236 e. The van der Waals surface area contributed by atoms with Crippen LogP contribution in [0.3, 0.4) is 0 Å². The smallest absolute Gasteiger partial charge is 0.236 e. The number of amides is 1. The van der Waals surface area contributed by atoms with Crippen molar-refractivity contribution in [1.29, 1.82) is 0 Å². The monoisotopic (exact) mass is 227 g/mol. The van der Waals surface area contributed by atoms with Crippen molar-refractivity contribution in [3.63, 3.8) is 0 Å². The average molecular weight is 227 g/mol. The number of hydrogen-bond donors (Lipinski definition) is 1. The van der Waals surface area contributed by atoms with Gasteiger partial charge in [0.05, 0.1) is 6.54 Å². The SMILES string of the molecule is CC(CNCC(=O)N(C)C)CN1CCCC1. The Kier molecular flexibility index (Phi) is 5.77. The van der Waals surface area contributed by atoms with Gasteiger partial charge in [-0.25, -0.2) is 0 Å². The number of carbonyl (C=O) groups excluding carboxylic acids is 1. The van der Waals surface area contributed by atoms with Crippen molar-refractivity contribution in [2.75, 3.05) is 46.8 Å². The predicted octanol–water partition coefficient (Wildman–Crippen LogP) is 0.396. The standard InChI is InChI=1S/C12H25N3O/c1-11(10-15-6-4-5-7-15)8-13-9-12(16)14(2)3/h11,13H,4-10H2,1-3H3. The third kappa shape index (κ3) is 4.94. The molecule has 0 bridgehead atoms. The molecule has 1 saturated heterocycles. The lowest BCUT2D eigenvalue weighted by molar-refractivity contribution is -0.127. The van der Waals surface area contributed by atoms with Gasteiger partial charge in [0.25, 0.3) is 0 Å². The summed E-state index contributed by atoms with van der Waals surface area (Å²) in [5.74, 6) is 0.765. The quantitative estimate of drug-likeness (QED) is 0.713. The van der Waals surface area contributed by atoms with Crippen LogP contribution in [-0.4, -0.2) is 62.5 Å². The molecule has 1 fully saturated rings. The van der Waals surface area contributed by atoms with Crippen LogP contribution in [0.15, 0.2) is 0 Å². The summed E-state index contributed by atoms with van der Waals surface area (Å²) in [5.41, 5.74) is 0. The summed E-state index contributed by atoms with van der Waals surface area (Å²) in [6.07, 6.45) is 2.69. The second-order valence-corrected chi connectivity index (χ2v) is 5.03. The second kappa shape index (κ2) is 6.86. The van der Waals surface area contributed by atoms with Crippen molar-refractivity contribution in [2.45, 2.75) is 19.8 Å². The lowest BCUT2D eigenvalue weighted by atomic mass is 10.1. The summed E-state index contributed by atoms with van der Waals surface area (Å²) < 4.78 is 0. The van der Waals surface area contributed by atoms with E-state index in [0.29, 0.717) is 12.5 Å². The van der Waals surface area contributed by atoms with Gasteiger partial charge in [-0.05, 0) is 38.4 Å². The number of nitrogens with one attached hydrogen (secondary N) is 1. The molecule has 1 rings (SSSR count). The average Bonchev–Trinajstić information content (AvgIpc) is 2.70. The number of rotatable bonds is 6. The Morgan fingerprint density at radius 1 is 1.38 bits per heavy atom. The Hall–Kier alpha value is -0.610. The van der Waals surface area contributed by atoms with Crippen LogP contribution in [0.1, 0.15) is 19.8 Å². The number of carbonyl (C=O) groups is 1. The van der Waals surface area contributed by atoms with Crippen LogP contribution in [-0.2, 0) is 4.79 Å². The first-order chi connectivity index (χ1) is 7.59. The Labute approximate surface area is 99.0 Å². The van der Waals surface area contributed by atoms with Gasteiger partial charge in [-0.1, -0.05) is 6.92 Å². The van der Waals surface area contributed by atoms with Crippen molar-refractivity contribution in [3.05, 3.63) is 0 Å². The molecule has 0 saturated carbocycles. The topological polar surface area (TPSA) is 35.6 Å². The van der Waals surface area contributed by atoms with E-state index in [-0.39, 0.29) is 5.91 Å². The Bertz CT molecular complexity index is 212. The third-order valence-electron chi connectivity index (χ3n) is 3.04. The highest BCUT2D eigenvalue weighted by Gasteiger charge is 2.14. The zero-order chi connectivity index (χ0) is 12.0. The third-order valence-corrected chi connectivity index (χ3v) is 3.04. The van der Waals surface area contributed by atoms with Crippen LogP contribution < -0.4 is 5.32 Å². The van der Waals surface area contributed by atoms with Gasteiger partial charge < -0.3 is 15.1 Å². The summed E-state index contributed by atoms with van der Waals surface area (Å²) in [5, 5.41) is 3.22. The van der Waals surface area contributed by atoms with Crippen LogP contribution in [0.5, 0.6) is 0 Å². The minimum Gasteiger partial charge on any atom is -0.348 e. The van der Waals surface area contributed by atoms with Gasteiger partial charge in [0, 0.05) is 20.6 Å². The fraction of sp³-hybridized carbons (Fsp3) is 0.917. The van der Waals surface area contributed by atoms with E-state index >= 15 is 0 Å². The summed E-state index contributed by atoms with van der Waals surface area (Å²) in [7, 11) is 3.58. The van der Waals surface area contributed by atoms with E-state index < -0.39 is 0 Å². The fourth-order valence-electron chi connectivity index (χ4n) is 2.05. The predicted molar refractivity (Wildman–Crippen MR) is 66.4 cm³/mol. The zero-order valence-electron chi connectivity index (χ0n) is 10.8. The van der Waals surface area contributed by atoms with Gasteiger partial charge in [0.1, 0.15) is 0 Å². The van der Waals surface area contributed by atoms with Crippen LogP contribution >= 0.6 is 0 Å². The summed E-state index contributed by atoms with van der Waals surface area (Å²) >= 11 is 0. The largest absolute Gasteiger partial charge is 0.348 e. The van der Waals surface area contributed by atoms with E-state index in [4.69, 9.17) is 0 Å². The van der Waals surface area contributed by atoms with Crippen molar-refractivity contribution in [3.8, 4) is 0 Å². The number of hydrogen-bond acceptors (Lipinski definition) is 3. The van der Waals surface area contributed by atoms with Gasteiger partial charge in [0.15, 0.2) is 0 Å². The molecule has 0 aliphatic carbocycles. The fourth-order valence-corrected chi connectivity index (χ4v) is 2.05. The molecule has 1 N–H and O–H groups in total. The van der Waals surface area contributed by atoms with Crippen LogP contribution in [0.4, 0.5) is 0 Å². The Morgan fingerprint density at radius 3 is 2.56 bits per heavy atom. The number of likely N-dealkylation sites (N-methyl/N-ethyl adjacent to an activating group) is 1. The highest BCUT2D eigenvalue weighted by atomic mass is 16.2. The van der Waals surface area contributed by atoms with Gasteiger partial charge >= 0.3 is 0 Å². The summed E-state index contributed by atoms with van der Waals surface area (Å²) in [6.45, 7) is 7.28. The van der Waals surface area contributed by atoms with Gasteiger partial charge in [-0.3, -0.25) is 4.79 Å². The molecular weight excluding hydrogens is 202 g/mol. The highest BCUT2D eigenvalue weighted by Crippen LogP contribution is 2.09. The van der Waals surface area contributed by atoms with Crippen LogP contribution in [0.25, 0.3) is 0 Å². The number of likely N-dealkylation sites (tertiary alicyclic amines) is 1. The molecule has 0 spiro atoms. The molecule has 16 heavy (non-hydrogen) atoms. The minimum atomic E-state index is 0.147. The highest BCUT2D eigenvalue weighted by molar-refractivity contribution is 5.77. The first kappa shape index (κ1) is 13.5. The molecule has 4 heteroatoms. The van der Waals surface area contributed by atoms with E-state index in [1.165, 1.54) is 25.9 Å². The minimum absolute atomic E-state index is 0.147. The van der Waals surface area contributed by atoms with Crippen LogP contribution in [0.2, 0.25) is 0 Å². The van der Waals surface area contributed by atoms with E-state index in [1.807, 2.05) is 0 Å². The lowest BCUT2D eigenvalue weighted by Crippen LogP contribution is -2.37. The van der Waals surface area contributed by atoms with Crippen molar-refractivity contribution in [2.24, 2.45) is 5.92 Å². The molecule has 1 atom stereocenters. The maximum atomic E-state index is 11.3. The molecule has 1 unspecified atom stereocenters. The Morgan fingerprint density at radius 2 is 2.00 bits per heavy atom. The normalized spacial score (nSPS) is 18.7. The molecule has 0 radical (unpaired) electrons. The van der Waals surface area contributed by atoms with Crippen LogP contribution in [0, 0.1) is 5.92 Å². The Balaban J connectivity index is 2.05. The van der Waals surface area contributed by atoms with Gasteiger partial charge in [-0.15, -0.1) is 0 Å². The molecule has 0 aromatic heterocycles. The zero-order valence-corrected chi connectivity index (χ0v) is 10.8. The first-order valence-corrected chi connectivity index (χ1v) is 6.23. The van der Waals surface area contributed by atoms with E-state index in [1.54, 1.807) is 19.0 Å². The molecule has 1 amide bonds. The molecule has 1 aliphatic heterocycles. The molecular formula is C12H25N3O. The molecule has 0 aromatic rings. The number of nitrogens with zero attached hydrogens (tertiary/aromatic N) is 2. The van der Waals surface area contributed by atoms with E-state index in [2.05, 4.69) is 17.1 Å². The molecule has 1 heterocycles. The second-order valence-electron chi connectivity index (χ2n) is 5.03. The summed E-state index contributed by atoms with van der Waals surface area (Å²) in [4.78, 5) is 15.5. The van der Waals surface area contributed by atoms with Gasteiger partial charge in [-0.2, -0.15) is 0 Å². The van der Waals surface area contributed by atoms with Crippen molar-refractivity contribution in [1.82, 2.24) is 15.1 Å². The van der Waals surface area contributed by atoms with E-state index in [9.17, 15) is 4.79 Å². The van der Waals surface area contributed by atoms with Crippen molar-refractivity contribution >= 4 is 5.91 Å². The lowest BCUT2D eigenvalue weighted by Gasteiger charge is -2.20. The first-order valence-electron chi connectivity index (χ1n) is 6.23. The maximum absolute atomic E-state index is 11.3. The molecule has 4 nitrogen and oxygen atoms in total. The molecule has 94 valence electrons. The molecule has 0 aromatic carbocycles. The van der Waals surface area contributed by atoms with E-state index in [0.717, 1.165) is 13.1 Å². The molecule has 1 aliphatic rings. The summed E-state index contributed by atoms with van der Waals surface area (Å²) in [6, 6.07) is 0. The van der Waals surface area contributed by atoms with Crippen molar-refractivity contribution < 1.29 is 4.79 Å².